The van der Waals surface area contributed by atoms with Crippen LogP contribution in [-0.4, -0.2) is 6.61 Å². The Morgan fingerprint density at radius 3 is 2.79 bits per heavy atom. The molecule has 0 radical (unpaired) electrons. The molecule has 0 spiro atoms. The summed E-state index contributed by atoms with van der Waals surface area (Å²) in [4.78, 5) is 1.17. The fourth-order valence-corrected chi connectivity index (χ4v) is 2.88. The highest BCUT2D eigenvalue weighted by Gasteiger charge is 2.11. The van der Waals surface area contributed by atoms with E-state index < -0.39 is 0 Å². The zero-order chi connectivity index (χ0) is 13.8. The van der Waals surface area contributed by atoms with Gasteiger partial charge in [0.05, 0.1) is 28.4 Å². The highest BCUT2D eigenvalue weighted by Crippen LogP contribution is 2.34. The van der Waals surface area contributed by atoms with Gasteiger partial charge < -0.3 is 15.8 Å². The van der Waals surface area contributed by atoms with E-state index in [2.05, 4.69) is 12.2 Å². The van der Waals surface area contributed by atoms with E-state index in [0.717, 1.165) is 10.0 Å². The summed E-state index contributed by atoms with van der Waals surface area (Å²) in [6, 6.07) is 9.82. The molecule has 3 N–H and O–H groups in total. The number of nitrogens with two attached hydrogens (primary N) is 1. The number of para-hydroxylation sites is 1. The number of anilines is 2. The molecule has 1 atom stereocenters. The van der Waals surface area contributed by atoms with Crippen LogP contribution in [-0.2, 0) is 0 Å². The second kappa shape index (κ2) is 6.17. The van der Waals surface area contributed by atoms with E-state index in [4.69, 9.17) is 22.1 Å². The molecule has 102 valence electrons. The minimum absolute atomic E-state index is 0.150. The van der Waals surface area contributed by atoms with Crippen molar-refractivity contribution in [2.45, 2.75) is 19.9 Å². The second-order valence-electron chi connectivity index (χ2n) is 4.16. The quantitative estimate of drug-likeness (QED) is 0.795. The first kappa shape index (κ1) is 14.0. The highest BCUT2D eigenvalue weighted by molar-refractivity contribution is 7.16. The maximum absolute atomic E-state index is 6.09. The first-order valence-corrected chi connectivity index (χ1v) is 7.34. The van der Waals surface area contributed by atoms with Crippen molar-refractivity contribution in [2.75, 3.05) is 17.7 Å². The molecule has 0 bridgehead atoms. The van der Waals surface area contributed by atoms with Crippen molar-refractivity contribution in [2.24, 2.45) is 0 Å². The number of ether oxygens (including phenoxy) is 1. The van der Waals surface area contributed by atoms with Crippen LogP contribution >= 0.6 is 22.9 Å². The van der Waals surface area contributed by atoms with Crippen molar-refractivity contribution in [3.05, 3.63) is 39.5 Å². The van der Waals surface area contributed by atoms with Crippen LogP contribution in [0, 0.1) is 0 Å². The number of hydrogen-bond acceptors (Lipinski definition) is 4. The van der Waals surface area contributed by atoms with Crippen LogP contribution in [0.5, 0.6) is 5.75 Å². The maximum atomic E-state index is 6.09. The Kier molecular flexibility index (Phi) is 4.56. The van der Waals surface area contributed by atoms with E-state index in [1.165, 1.54) is 4.88 Å². The van der Waals surface area contributed by atoms with Gasteiger partial charge in [0.25, 0.3) is 0 Å². The molecule has 0 saturated heterocycles. The van der Waals surface area contributed by atoms with Gasteiger partial charge in [-0.05, 0) is 38.1 Å². The average molecular weight is 297 g/mol. The molecule has 0 fully saturated rings. The molecule has 1 aromatic heterocycles. The third-order valence-electron chi connectivity index (χ3n) is 2.76. The second-order valence-corrected chi connectivity index (χ2v) is 5.90. The molecule has 1 unspecified atom stereocenters. The van der Waals surface area contributed by atoms with Crippen molar-refractivity contribution < 1.29 is 4.74 Å². The Morgan fingerprint density at radius 1 is 1.37 bits per heavy atom. The monoisotopic (exact) mass is 296 g/mol. The molecule has 0 aliphatic heterocycles. The third kappa shape index (κ3) is 3.33. The SMILES string of the molecule is CCOc1cccc(NC(C)c2ccc(Cl)s2)c1N. The van der Waals surface area contributed by atoms with Gasteiger partial charge in [0.1, 0.15) is 5.75 Å². The Morgan fingerprint density at radius 2 is 2.16 bits per heavy atom. The number of thiophene rings is 1. The van der Waals surface area contributed by atoms with Gasteiger partial charge in [-0.15, -0.1) is 11.3 Å². The number of rotatable bonds is 5. The van der Waals surface area contributed by atoms with Gasteiger partial charge in [-0.25, -0.2) is 0 Å². The summed E-state index contributed by atoms with van der Waals surface area (Å²) in [5, 5.41) is 3.39. The summed E-state index contributed by atoms with van der Waals surface area (Å²) in [7, 11) is 0. The molecule has 0 aliphatic rings. The third-order valence-corrected chi connectivity index (χ3v) is 4.17. The Balaban J connectivity index is 2.16. The maximum Gasteiger partial charge on any atom is 0.144 e. The molecule has 2 rings (SSSR count). The summed E-state index contributed by atoms with van der Waals surface area (Å²) in [5.74, 6) is 0.712. The number of halogens is 1. The lowest BCUT2D eigenvalue weighted by Gasteiger charge is -2.17. The number of benzene rings is 1. The smallest absolute Gasteiger partial charge is 0.144 e. The predicted molar refractivity (Wildman–Crippen MR) is 83.4 cm³/mol. The van der Waals surface area contributed by atoms with E-state index in [9.17, 15) is 0 Å². The molecular weight excluding hydrogens is 280 g/mol. The van der Waals surface area contributed by atoms with Gasteiger partial charge in [-0.2, -0.15) is 0 Å². The van der Waals surface area contributed by atoms with Crippen molar-refractivity contribution in [3.63, 3.8) is 0 Å². The van der Waals surface area contributed by atoms with Crippen LogP contribution in [0.1, 0.15) is 24.8 Å². The van der Waals surface area contributed by atoms with Crippen LogP contribution in [0.4, 0.5) is 11.4 Å². The van der Waals surface area contributed by atoms with E-state index in [-0.39, 0.29) is 6.04 Å². The number of nitrogen functional groups attached to an aromatic ring is 1. The van der Waals surface area contributed by atoms with Crippen LogP contribution in [0.25, 0.3) is 0 Å². The fraction of sp³-hybridized carbons (Fsp3) is 0.286. The normalized spacial score (nSPS) is 12.2. The molecule has 19 heavy (non-hydrogen) atoms. The largest absolute Gasteiger partial charge is 0.492 e. The highest BCUT2D eigenvalue weighted by atomic mass is 35.5. The number of nitrogens with one attached hydrogen (secondary N) is 1. The Labute approximate surface area is 122 Å². The zero-order valence-electron chi connectivity index (χ0n) is 10.9. The van der Waals surface area contributed by atoms with Gasteiger partial charge in [0, 0.05) is 4.88 Å². The average Bonchev–Trinajstić information content (AvgIpc) is 2.81. The van der Waals surface area contributed by atoms with Gasteiger partial charge in [-0.1, -0.05) is 17.7 Å². The van der Waals surface area contributed by atoms with Crippen LogP contribution in [0.15, 0.2) is 30.3 Å². The van der Waals surface area contributed by atoms with E-state index >= 15 is 0 Å². The summed E-state index contributed by atoms with van der Waals surface area (Å²) < 4.78 is 6.28. The fourth-order valence-electron chi connectivity index (χ4n) is 1.82. The lowest BCUT2D eigenvalue weighted by molar-refractivity contribution is 0.342. The summed E-state index contributed by atoms with van der Waals surface area (Å²) >= 11 is 7.52. The van der Waals surface area contributed by atoms with Crippen LogP contribution < -0.4 is 15.8 Å². The molecule has 3 nitrogen and oxygen atoms in total. The van der Waals surface area contributed by atoms with Crippen molar-refractivity contribution >= 4 is 34.3 Å². The summed E-state index contributed by atoms with van der Waals surface area (Å²) in [5.41, 5.74) is 7.61. The molecule has 0 aliphatic carbocycles. The standard InChI is InChI=1S/C14H17ClN2OS/c1-3-18-11-6-4-5-10(14(11)16)17-9(2)12-7-8-13(15)19-12/h4-9,17H,3,16H2,1-2H3. The first-order chi connectivity index (χ1) is 9.11. The van der Waals surface area contributed by atoms with Crippen molar-refractivity contribution in [1.29, 1.82) is 0 Å². The molecular formula is C14H17ClN2OS. The summed E-state index contributed by atoms with van der Waals surface area (Å²) in [6.07, 6.45) is 0. The zero-order valence-corrected chi connectivity index (χ0v) is 12.5. The Bertz CT molecular complexity index is 556. The van der Waals surface area contributed by atoms with Gasteiger partial charge in [0.2, 0.25) is 0 Å². The van der Waals surface area contributed by atoms with Crippen LogP contribution in [0.2, 0.25) is 4.34 Å². The predicted octanol–water partition coefficient (Wildman–Crippen LogP) is 4.56. The molecule has 5 heteroatoms. The van der Waals surface area contributed by atoms with Gasteiger partial charge in [-0.3, -0.25) is 0 Å². The van der Waals surface area contributed by atoms with E-state index in [1.54, 1.807) is 11.3 Å². The molecule has 1 aromatic carbocycles. The Hall–Kier alpha value is -1.39. The molecule has 0 amide bonds. The minimum Gasteiger partial charge on any atom is -0.492 e. The molecule has 0 saturated carbocycles. The first-order valence-electron chi connectivity index (χ1n) is 6.15. The molecule has 2 aromatic rings. The molecule has 1 heterocycles. The number of hydrogen-bond donors (Lipinski definition) is 2. The topological polar surface area (TPSA) is 47.3 Å². The minimum atomic E-state index is 0.150. The lowest BCUT2D eigenvalue weighted by Crippen LogP contribution is -2.08. The summed E-state index contributed by atoms with van der Waals surface area (Å²) in [6.45, 7) is 4.62. The van der Waals surface area contributed by atoms with E-state index in [0.29, 0.717) is 18.0 Å². The lowest BCUT2D eigenvalue weighted by atomic mass is 10.2. The van der Waals surface area contributed by atoms with Crippen LogP contribution in [0.3, 0.4) is 0 Å². The van der Waals surface area contributed by atoms with Crippen molar-refractivity contribution in [1.82, 2.24) is 0 Å². The van der Waals surface area contributed by atoms with E-state index in [1.807, 2.05) is 37.3 Å². The van der Waals surface area contributed by atoms with Crippen molar-refractivity contribution in [3.8, 4) is 5.75 Å². The van der Waals surface area contributed by atoms with Gasteiger partial charge in [0.15, 0.2) is 0 Å². The van der Waals surface area contributed by atoms with Gasteiger partial charge >= 0.3 is 0 Å².